The molecule has 0 saturated heterocycles. The number of fused-ring (bicyclic) bond motifs is 5. The van der Waals surface area contributed by atoms with E-state index in [1.165, 1.54) is 0 Å². The summed E-state index contributed by atoms with van der Waals surface area (Å²) in [6.07, 6.45) is -0.0959. The lowest BCUT2D eigenvalue weighted by Gasteiger charge is -2.22. The third-order valence-corrected chi connectivity index (χ3v) is 5.62. The molecule has 0 aromatic heterocycles. The minimum atomic E-state index is -0.892. The summed E-state index contributed by atoms with van der Waals surface area (Å²) in [4.78, 5) is 30.1. The molecule has 0 spiro atoms. The van der Waals surface area contributed by atoms with E-state index >= 15 is 0 Å². The molecule has 2 heterocycles. The Hall–Kier alpha value is -4.24. The Bertz CT molecular complexity index is 1290. The molecule has 3 aromatic rings. The first-order chi connectivity index (χ1) is 17.3. The highest BCUT2D eigenvalue weighted by Crippen LogP contribution is 2.33. The number of amides is 2. The van der Waals surface area contributed by atoms with Crippen LogP contribution in [0.15, 0.2) is 71.7 Å². The Labute approximate surface area is 213 Å². The van der Waals surface area contributed by atoms with Crippen LogP contribution in [-0.2, 0) is 4.79 Å². The molecular weight excluding hydrogens is 482 g/mol. The van der Waals surface area contributed by atoms with Gasteiger partial charge in [0.25, 0.3) is 11.8 Å². The zero-order valence-corrected chi connectivity index (χ0v) is 20.5. The number of anilines is 1. The molecule has 2 aliphatic heterocycles. The van der Waals surface area contributed by atoms with Gasteiger partial charge in [-0.25, -0.2) is 4.99 Å². The van der Waals surface area contributed by atoms with Crippen molar-refractivity contribution < 1.29 is 19.1 Å². The highest BCUT2D eigenvalue weighted by Gasteiger charge is 2.24. The van der Waals surface area contributed by atoms with Crippen molar-refractivity contribution in [3.05, 3.63) is 88.4 Å². The number of hydrazine groups is 1. The number of amidine groups is 1. The number of hydrogen-bond donors (Lipinski definition) is 4. The zero-order chi connectivity index (χ0) is 25.7. The lowest BCUT2D eigenvalue weighted by Crippen LogP contribution is -2.45. The van der Waals surface area contributed by atoms with Crippen molar-refractivity contribution in [2.45, 2.75) is 26.0 Å². The zero-order valence-electron chi connectivity index (χ0n) is 19.7. The molecule has 0 saturated carbocycles. The quantitative estimate of drug-likeness (QED) is 0.398. The van der Waals surface area contributed by atoms with Gasteiger partial charge in [0.2, 0.25) is 0 Å². The van der Waals surface area contributed by atoms with E-state index in [9.17, 15) is 9.59 Å². The summed E-state index contributed by atoms with van der Waals surface area (Å²) >= 11 is 6.10. The molecule has 0 fully saturated rings. The maximum Gasteiger partial charge on any atom is 0.271 e. The number of carbonyl (C=O) groups excluding carboxylic acids is 2. The van der Waals surface area contributed by atoms with Gasteiger partial charge in [-0.2, -0.15) is 0 Å². The molecule has 1 atom stereocenters. The van der Waals surface area contributed by atoms with Crippen molar-refractivity contribution in [3.63, 3.8) is 0 Å². The summed E-state index contributed by atoms with van der Waals surface area (Å²) in [5.41, 5.74) is 13.2. The molecule has 0 radical (unpaired) electrons. The van der Waals surface area contributed by atoms with E-state index in [4.69, 9.17) is 26.8 Å². The average Bonchev–Trinajstić information content (AvgIpc) is 2.87. The molecule has 2 amide bonds. The first kappa shape index (κ1) is 24.9. The van der Waals surface area contributed by atoms with E-state index in [1.807, 2.05) is 13.8 Å². The van der Waals surface area contributed by atoms with Crippen LogP contribution in [0.5, 0.6) is 11.5 Å². The van der Waals surface area contributed by atoms with Gasteiger partial charge in [-0.15, -0.1) is 0 Å². The number of nitrogens with one attached hydrogen (secondary N) is 3. The predicted molar refractivity (Wildman–Crippen MR) is 138 cm³/mol. The number of carbonyl (C=O) groups is 2. The Morgan fingerprint density at radius 2 is 1.86 bits per heavy atom. The smallest absolute Gasteiger partial charge is 0.271 e. The minimum absolute atomic E-state index is 0.0380. The van der Waals surface area contributed by atoms with Crippen LogP contribution in [0.25, 0.3) is 0 Å². The summed E-state index contributed by atoms with van der Waals surface area (Å²) in [5, 5.41) is 3.47. The highest BCUT2D eigenvalue weighted by atomic mass is 35.5. The van der Waals surface area contributed by atoms with Crippen LogP contribution >= 0.6 is 11.6 Å². The molecule has 2 aliphatic rings. The van der Waals surface area contributed by atoms with Crippen molar-refractivity contribution >= 4 is 34.9 Å². The van der Waals surface area contributed by atoms with Crippen LogP contribution in [-0.4, -0.2) is 30.5 Å². The van der Waals surface area contributed by atoms with Crippen LogP contribution in [0.4, 0.5) is 5.69 Å². The summed E-state index contributed by atoms with van der Waals surface area (Å²) < 4.78 is 11.7. The highest BCUT2D eigenvalue weighted by molar-refractivity contribution is 6.33. The molecule has 10 heteroatoms. The van der Waals surface area contributed by atoms with Gasteiger partial charge in [-0.1, -0.05) is 29.8 Å². The summed E-state index contributed by atoms with van der Waals surface area (Å²) in [7, 11) is 0. The lowest BCUT2D eigenvalue weighted by atomic mass is 10.0. The molecule has 186 valence electrons. The van der Waals surface area contributed by atoms with Crippen molar-refractivity contribution in [2.75, 3.05) is 12.0 Å². The van der Waals surface area contributed by atoms with Gasteiger partial charge in [0.1, 0.15) is 11.9 Å². The summed E-state index contributed by atoms with van der Waals surface area (Å²) in [6.45, 7) is 3.76. The van der Waals surface area contributed by atoms with Gasteiger partial charge >= 0.3 is 0 Å². The number of nitrogens with zero attached hydrogens (tertiary/aromatic N) is 1. The van der Waals surface area contributed by atoms with Crippen LogP contribution in [0.3, 0.4) is 0 Å². The van der Waals surface area contributed by atoms with Crippen molar-refractivity contribution in [1.29, 1.82) is 0 Å². The Balaban J connectivity index is 1.65. The third kappa shape index (κ3) is 5.87. The summed E-state index contributed by atoms with van der Waals surface area (Å²) in [6, 6.07) is 18.0. The topological polar surface area (TPSA) is 127 Å². The van der Waals surface area contributed by atoms with Crippen molar-refractivity contribution in [3.8, 4) is 11.5 Å². The fourth-order valence-electron chi connectivity index (χ4n) is 3.54. The third-order valence-electron chi connectivity index (χ3n) is 5.29. The van der Waals surface area contributed by atoms with E-state index in [1.54, 1.807) is 66.7 Å². The van der Waals surface area contributed by atoms with Gasteiger partial charge < -0.3 is 20.5 Å². The van der Waals surface area contributed by atoms with Gasteiger partial charge in [0, 0.05) is 11.3 Å². The molecule has 3 aromatic carbocycles. The monoisotopic (exact) mass is 507 g/mol. The second kappa shape index (κ2) is 11.0. The van der Waals surface area contributed by atoms with Gasteiger partial charge in [0.15, 0.2) is 18.2 Å². The predicted octanol–water partition coefficient (Wildman–Crippen LogP) is 3.80. The number of benzene rings is 3. The number of hydrogen-bond acceptors (Lipinski definition) is 7. The molecule has 1 unspecified atom stereocenters. The van der Waals surface area contributed by atoms with Crippen molar-refractivity contribution in [2.24, 2.45) is 10.7 Å². The Morgan fingerprint density at radius 3 is 2.58 bits per heavy atom. The fraction of sp³-hybridized carbons (Fsp3) is 0.192. The van der Waals surface area contributed by atoms with E-state index < -0.39 is 17.9 Å². The van der Waals surface area contributed by atoms with Gasteiger partial charge in [-0.05, 0) is 67.9 Å². The lowest BCUT2D eigenvalue weighted by molar-refractivity contribution is -0.122. The second-order valence-electron chi connectivity index (χ2n) is 8.27. The number of aliphatic imine (C=N–C) groups is 1. The van der Waals surface area contributed by atoms with E-state index in [2.05, 4.69) is 21.2 Å². The molecular formula is C26H26ClN5O4. The standard InChI is InChI=1S/C26H26ClN5O4/c1-15(2)36-21-12-9-17-13-22(21)35-14-29-24(28)16-7-10-18(11-8-16)30-23(17)26(34)32-31-25(33)19-5-3-4-6-20(19)27/h3-13,15,23,30H,14H2,1-2H3,(H2,28,29)(H,31,33)(H,32,34). The first-order valence-corrected chi connectivity index (χ1v) is 11.6. The number of ether oxygens (including phenoxy) is 2. The van der Waals surface area contributed by atoms with Crippen LogP contribution in [0.1, 0.15) is 41.4 Å². The maximum atomic E-state index is 13.3. The maximum absolute atomic E-state index is 13.3. The SMILES string of the molecule is CC(C)Oc1ccc2cc1OC/N=C(/N)c1ccc(cc1)NC2C(=O)NNC(=O)c1ccccc1Cl. The van der Waals surface area contributed by atoms with Crippen LogP contribution < -0.4 is 31.4 Å². The number of rotatable bonds is 4. The minimum Gasteiger partial charge on any atom is -0.487 e. The van der Waals surface area contributed by atoms with E-state index in [-0.39, 0.29) is 23.4 Å². The average molecular weight is 508 g/mol. The molecule has 5 N–H and O–H groups in total. The normalized spacial score (nSPS) is 16.2. The molecule has 9 nitrogen and oxygen atoms in total. The number of halogens is 1. The summed E-state index contributed by atoms with van der Waals surface area (Å²) in [5.74, 6) is 0.178. The van der Waals surface area contributed by atoms with Gasteiger partial charge in [-0.3, -0.25) is 20.4 Å². The Kier molecular flexibility index (Phi) is 7.60. The fourth-order valence-corrected chi connectivity index (χ4v) is 3.76. The number of nitrogens with two attached hydrogens (primary N) is 1. The Morgan fingerprint density at radius 1 is 1.11 bits per heavy atom. The largest absolute Gasteiger partial charge is 0.487 e. The second-order valence-corrected chi connectivity index (χ2v) is 8.67. The molecule has 0 aliphatic carbocycles. The van der Waals surface area contributed by atoms with Crippen LogP contribution in [0, 0.1) is 0 Å². The molecule has 4 bridgehead atoms. The van der Waals surface area contributed by atoms with Crippen molar-refractivity contribution in [1.82, 2.24) is 10.9 Å². The van der Waals surface area contributed by atoms with Crippen LogP contribution in [0.2, 0.25) is 5.02 Å². The molecule has 5 rings (SSSR count). The van der Waals surface area contributed by atoms with E-state index in [0.29, 0.717) is 34.1 Å². The van der Waals surface area contributed by atoms with Gasteiger partial charge in [0.05, 0.1) is 16.7 Å². The molecule has 36 heavy (non-hydrogen) atoms. The first-order valence-electron chi connectivity index (χ1n) is 11.3. The van der Waals surface area contributed by atoms with E-state index in [0.717, 1.165) is 0 Å².